The van der Waals surface area contributed by atoms with E-state index in [9.17, 15) is 0 Å². The largest absolute Gasteiger partial charge is 0.399 e. The van der Waals surface area contributed by atoms with Crippen LogP contribution in [0.5, 0.6) is 0 Å². The van der Waals surface area contributed by atoms with Crippen molar-refractivity contribution in [2.45, 2.75) is 18.9 Å². The Hall–Kier alpha value is -2.29. The van der Waals surface area contributed by atoms with Crippen molar-refractivity contribution >= 4 is 16.7 Å². The Labute approximate surface area is 111 Å². The molecule has 1 aliphatic carbocycles. The van der Waals surface area contributed by atoms with Gasteiger partial charge in [-0.3, -0.25) is 0 Å². The lowest BCUT2D eigenvalue weighted by Crippen LogP contribution is -1.97. The summed E-state index contributed by atoms with van der Waals surface area (Å²) < 4.78 is 2.38. The number of nitrogens with two attached hydrogens (primary N) is 1. The van der Waals surface area contributed by atoms with Crippen LogP contribution in [0, 0.1) is 0 Å². The minimum absolute atomic E-state index is 0.611. The maximum atomic E-state index is 5.76. The van der Waals surface area contributed by atoms with Crippen LogP contribution in [0.3, 0.4) is 0 Å². The van der Waals surface area contributed by atoms with Crippen LogP contribution in [0.2, 0.25) is 0 Å². The molecule has 3 aromatic rings. The van der Waals surface area contributed by atoms with Crippen molar-refractivity contribution in [2.75, 3.05) is 5.73 Å². The molecule has 4 rings (SSSR count). The molecule has 19 heavy (non-hydrogen) atoms. The molecule has 2 N–H and O–H groups in total. The predicted octanol–water partition coefficient (Wildman–Crippen LogP) is 3.62. The summed E-state index contributed by atoms with van der Waals surface area (Å²) >= 11 is 0. The van der Waals surface area contributed by atoms with Crippen molar-refractivity contribution in [1.82, 2.24) is 9.55 Å². The van der Waals surface area contributed by atoms with Crippen LogP contribution in [-0.4, -0.2) is 9.55 Å². The summed E-state index contributed by atoms with van der Waals surface area (Å²) in [4.78, 5) is 4.80. The van der Waals surface area contributed by atoms with Gasteiger partial charge in [-0.2, -0.15) is 0 Å². The molecule has 0 radical (unpaired) electrons. The number of hydrogen-bond donors (Lipinski definition) is 1. The van der Waals surface area contributed by atoms with Gasteiger partial charge >= 0.3 is 0 Å². The van der Waals surface area contributed by atoms with Gasteiger partial charge in [-0.25, -0.2) is 4.98 Å². The summed E-state index contributed by atoms with van der Waals surface area (Å²) in [7, 11) is 0. The van der Waals surface area contributed by atoms with Gasteiger partial charge in [0.1, 0.15) is 5.82 Å². The first-order valence-electron chi connectivity index (χ1n) is 6.66. The van der Waals surface area contributed by atoms with Gasteiger partial charge in [0.25, 0.3) is 0 Å². The predicted molar refractivity (Wildman–Crippen MR) is 77.9 cm³/mol. The molecule has 3 heteroatoms. The lowest BCUT2D eigenvalue weighted by Gasteiger charge is -2.07. The number of aromatic nitrogens is 2. The van der Waals surface area contributed by atoms with Crippen molar-refractivity contribution in [2.24, 2.45) is 0 Å². The van der Waals surface area contributed by atoms with Crippen LogP contribution >= 0.6 is 0 Å². The highest BCUT2D eigenvalue weighted by Crippen LogP contribution is 2.41. The third kappa shape index (κ3) is 1.70. The molecule has 1 aliphatic rings. The van der Waals surface area contributed by atoms with Crippen LogP contribution in [0.25, 0.3) is 22.4 Å². The van der Waals surface area contributed by atoms with E-state index in [0.29, 0.717) is 6.04 Å². The highest BCUT2D eigenvalue weighted by atomic mass is 15.1. The number of fused-ring (bicyclic) bond motifs is 1. The summed E-state index contributed by atoms with van der Waals surface area (Å²) in [6.45, 7) is 0. The maximum absolute atomic E-state index is 5.76. The molecule has 94 valence electrons. The van der Waals surface area contributed by atoms with Gasteiger partial charge in [-0.15, -0.1) is 0 Å². The van der Waals surface area contributed by atoms with E-state index in [1.165, 1.54) is 18.4 Å². The fraction of sp³-hybridized carbons (Fsp3) is 0.188. The molecule has 0 spiro atoms. The minimum atomic E-state index is 0.611. The fourth-order valence-electron chi connectivity index (χ4n) is 2.58. The molecular formula is C16H15N3. The summed E-state index contributed by atoms with van der Waals surface area (Å²) in [6.07, 6.45) is 2.50. The molecule has 1 fully saturated rings. The van der Waals surface area contributed by atoms with E-state index in [0.717, 1.165) is 22.6 Å². The number of rotatable bonds is 2. The maximum Gasteiger partial charge on any atom is 0.141 e. The summed E-state index contributed by atoms with van der Waals surface area (Å²) in [6, 6.07) is 16.9. The molecule has 0 atom stereocenters. The number of anilines is 1. The summed E-state index contributed by atoms with van der Waals surface area (Å²) in [5.41, 5.74) is 9.99. The Morgan fingerprint density at radius 1 is 1.00 bits per heavy atom. The van der Waals surface area contributed by atoms with Crippen molar-refractivity contribution in [3.05, 3.63) is 48.5 Å². The zero-order valence-electron chi connectivity index (χ0n) is 10.6. The smallest absolute Gasteiger partial charge is 0.141 e. The first-order valence-corrected chi connectivity index (χ1v) is 6.66. The van der Waals surface area contributed by atoms with Gasteiger partial charge in [0.2, 0.25) is 0 Å². The summed E-state index contributed by atoms with van der Waals surface area (Å²) in [5, 5.41) is 0. The normalized spacial score (nSPS) is 14.9. The lowest BCUT2D eigenvalue weighted by molar-refractivity contribution is 0.775. The molecular weight excluding hydrogens is 234 g/mol. The van der Waals surface area contributed by atoms with Crippen LogP contribution in [-0.2, 0) is 0 Å². The molecule has 0 bridgehead atoms. The number of imidazole rings is 1. The van der Waals surface area contributed by atoms with Crippen LogP contribution < -0.4 is 5.73 Å². The van der Waals surface area contributed by atoms with E-state index in [-0.39, 0.29) is 0 Å². The van der Waals surface area contributed by atoms with Crippen molar-refractivity contribution in [3.8, 4) is 11.4 Å². The number of nitrogen functional groups attached to an aromatic ring is 1. The molecule has 1 aromatic heterocycles. The Balaban J connectivity index is 1.98. The van der Waals surface area contributed by atoms with Gasteiger partial charge in [-0.1, -0.05) is 12.1 Å². The van der Waals surface area contributed by atoms with E-state index in [1.54, 1.807) is 0 Å². The quantitative estimate of drug-likeness (QED) is 0.705. The van der Waals surface area contributed by atoms with Gasteiger partial charge in [-0.05, 0) is 49.2 Å². The molecule has 1 heterocycles. The van der Waals surface area contributed by atoms with E-state index in [2.05, 4.69) is 34.9 Å². The zero-order valence-corrected chi connectivity index (χ0v) is 10.6. The van der Waals surface area contributed by atoms with Crippen LogP contribution in [0.4, 0.5) is 5.69 Å². The molecule has 0 saturated heterocycles. The van der Waals surface area contributed by atoms with E-state index < -0.39 is 0 Å². The lowest BCUT2D eigenvalue weighted by atomic mass is 10.2. The fourth-order valence-corrected chi connectivity index (χ4v) is 2.58. The van der Waals surface area contributed by atoms with Gasteiger partial charge in [0.15, 0.2) is 0 Å². The van der Waals surface area contributed by atoms with E-state index in [1.807, 2.05) is 18.2 Å². The number of benzene rings is 2. The van der Waals surface area contributed by atoms with Gasteiger partial charge in [0.05, 0.1) is 11.0 Å². The SMILES string of the molecule is Nc1ccc(-c2nc3ccccc3n2C2CC2)cc1. The van der Waals surface area contributed by atoms with Crippen molar-refractivity contribution in [1.29, 1.82) is 0 Å². The second-order valence-corrected chi connectivity index (χ2v) is 5.15. The van der Waals surface area contributed by atoms with Crippen molar-refractivity contribution < 1.29 is 0 Å². The summed E-state index contributed by atoms with van der Waals surface area (Å²) in [5.74, 6) is 1.06. The second-order valence-electron chi connectivity index (χ2n) is 5.15. The standard InChI is InChI=1S/C16H15N3/c17-12-7-5-11(6-8-12)16-18-14-3-1-2-4-15(14)19(16)13-9-10-13/h1-8,13H,9-10,17H2. The Morgan fingerprint density at radius 3 is 2.47 bits per heavy atom. The molecule has 3 nitrogen and oxygen atoms in total. The third-order valence-electron chi connectivity index (χ3n) is 3.68. The highest BCUT2D eigenvalue weighted by molar-refractivity contribution is 5.81. The third-order valence-corrected chi connectivity index (χ3v) is 3.68. The monoisotopic (exact) mass is 249 g/mol. The molecule has 2 aromatic carbocycles. The number of para-hydroxylation sites is 2. The Bertz CT molecular complexity index is 736. The molecule has 0 unspecified atom stereocenters. The van der Waals surface area contributed by atoms with Crippen LogP contribution in [0.1, 0.15) is 18.9 Å². The van der Waals surface area contributed by atoms with Gasteiger partial charge < -0.3 is 10.3 Å². The number of hydrogen-bond acceptors (Lipinski definition) is 2. The molecule has 0 aliphatic heterocycles. The Morgan fingerprint density at radius 2 is 1.74 bits per heavy atom. The topological polar surface area (TPSA) is 43.8 Å². The van der Waals surface area contributed by atoms with Gasteiger partial charge in [0, 0.05) is 17.3 Å². The average molecular weight is 249 g/mol. The van der Waals surface area contributed by atoms with E-state index in [4.69, 9.17) is 10.7 Å². The first-order chi connectivity index (χ1) is 9.33. The molecule has 1 saturated carbocycles. The van der Waals surface area contributed by atoms with Crippen molar-refractivity contribution in [3.63, 3.8) is 0 Å². The molecule has 0 amide bonds. The second kappa shape index (κ2) is 3.85. The highest BCUT2D eigenvalue weighted by Gasteiger charge is 2.28. The number of nitrogens with zero attached hydrogens (tertiary/aromatic N) is 2. The Kier molecular flexibility index (Phi) is 2.15. The van der Waals surface area contributed by atoms with E-state index >= 15 is 0 Å². The minimum Gasteiger partial charge on any atom is -0.399 e. The average Bonchev–Trinajstić information content (AvgIpc) is 3.20. The first kappa shape index (κ1) is 10.6. The van der Waals surface area contributed by atoms with Crippen LogP contribution in [0.15, 0.2) is 48.5 Å². The zero-order chi connectivity index (χ0) is 12.8.